The Bertz CT molecular complexity index is 448. The molecule has 19 heavy (non-hydrogen) atoms. The smallest absolute Gasteiger partial charge is 0.194 e. The van der Waals surface area contributed by atoms with Crippen LogP contribution in [0, 0.1) is 17.5 Å². The monoisotopic (exact) mass is 292 g/mol. The molecule has 0 aliphatic carbocycles. The van der Waals surface area contributed by atoms with E-state index in [-0.39, 0.29) is 18.0 Å². The van der Waals surface area contributed by atoms with Crippen LogP contribution in [0.5, 0.6) is 0 Å². The molecule has 0 saturated carbocycles. The molecule has 1 aromatic rings. The van der Waals surface area contributed by atoms with E-state index in [4.69, 9.17) is 0 Å². The molecule has 0 unspecified atom stereocenters. The standard InChI is InChI=1S/C13H15F3N2.ClH/c1-2-11(18-7-5-17-6-8-18)9-3-4-10(14)13(16)12(9)15;/h2-4,11,17H,1,5-8H2;1H/t11-;/m0./s1. The Morgan fingerprint density at radius 2 is 1.79 bits per heavy atom. The molecule has 0 radical (unpaired) electrons. The van der Waals surface area contributed by atoms with Gasteiger partial charge in [0.2, 0.25) is 0 Å². The lowest BCUT2D eigenvalue weighted by molar-refractivity contribution is 0.199. The van der Waals surface area contributed by atoms with Crippen molar-refractivity contribution in [1.29, 1.82) is 0 Å². The average molecular weight is 293 g/mol. The van der Waals surface area contributed by atoms with Gasteiger partial charge in [0.15, 0.2) is 17.5 Å². The highest BCUT2D eigenvalue weighted by atomic mass is 35.5. The number of rotatable bonds is 3. The van der Waals surface area contributed by atoms with E-state index in [1.54, 1.807) is 6.08 Å². The molecule has 1 aliphatic heterocycles. The molecule has 2 rings (SSSR count). The summed E-state index contributed by atoms with van der Waals surface area (Å²) in [5.74, 6) is -3.72. The largest absolute Gasteiger partial charge is 0.314 e. The van der Waals surface area contributed by atoms with Crippen LogP contribution in [0.2, 0.25) is 0 Å². The first-order chi connectivity index (χ1) is 8.65. The molecule has 106 valence electrons. The maximum Gasteiger partial charge on any atom is 0.194 e. The number of hydrogen-bond acceptors (Lipinski definition) is 2. The fourth-order valence-electron chi connectivity index (χ4n) is 2.20. The van der Waals surface area contributed by atoms with Crippen LogP contribution >= 0.6 is 12.4 Å². The predicted molar refractivity (Wildman–Crippen MR) is 70.9 cm³/mol. The van der Waals surface area contributed by atoms with Gasteiger partial charge in [-0.2, -0.15) is 0 Å². The third kappa shape index (κ3) is 3.29. The van der Waals surface area contributed by atoms with Crippen molar-refractivity contribution in [2.45, 2.75) is 6.04 Å². The van der Waals surface area contributed by atoms with Crippen molar-refractivity contribution in [3.05, 3.63) is 47.8 Å². The Labute approximate surface area is 116 Å². The number of piperazine rings is 1. The van der Waals surface area contributed by atoms with E-state index in [9.17, 15) is 13.2 Å². The summed E-state index contributed by atoms with van der Waals surface area (Å²) < 4.78 is 39.9. The van der Waals surface area contributed by atoms with Crippen molar-refractivity contribution < 1.29 is 13.2 Å². The van der Waals surface area contributed by atoms with Crippen LogP contribution in [-0.4, -0.2) is 31.1 Å². The first kappa shape index (κ1) is 16.0. The van der Waals surface area contributed by atoms with Gasteiger partial charge < -0.3 is 5.32 Å². The molecule has 0 amide bonds. The first-order valence-electron chi connectivity index (χ1n) is 5.86. The van der Waals surface area contributed by atoms with Gasteiger partial charge in [0, 0.05) is 31.7 Å². The van der Waals surface area contributed by atoms with Crippen molar-refractivity contribution in [3.8, 4) is 0 Å². The van der Waals surface area contributed by atoms with E-state index in [2.05, 4.69) is 11.9 Å². The van der Waals surface area contributed by atoms with Crippen LogP contribution < -0.4 is 5.32 Å². The Kier molecular flexibility index (Phi) is 5.85. The summed E-state index contributed by atoms with van der Waals surface area (Å²) in [4.78, 5) is 1.99. The Morgan fingerprint density at radius 3 is 2.37 bits per heavy atom. The van der Waals surface area contributed by atoms with E-state index in [1.807, 2.05) is 4.90 Å². The lowest BCUT2D eigenvalue weighted by Gasteiger charge is -2.33. The second kappa shape index (κ2) is 6.93. The lowest BCUT2D eigenvalue weighted by Crippen LogP contribution is -2.44. The van der Waals surface area contributed by atoms with E-state index in [0.29, 0.717) is 0 Å². The minimum atomic E-state index is -1.42. The third-order valence-corrected chi connectivity index (χ3v) is 3.15. The summed E-state index contributed by atoms with van der Waals surface area (Å²) in [5, 5.41) is 3.18. The van der Waals surface area contributed by atoms with Gasteiger partial charge in [-0.05, 0) is 6.07 Å². The van der Waals surface area contributed by atoms with Crippen LogP contribution in [0.4, 0.5) is 13.2 Å². The fourth-order valence-corrected chi connectivity index (χ4v) is 2.20. The number of benzene rings is 1. The molecule has 1 aliphatic rings. The van der Waals surface area contributed by atoms with E-state index in [1.165, 1.54) is 6.07 Å². The molecular formula is C13H16ClF3N2. The van der Waals surface area contributed by atoms with Gasteiger partial charge in [-0.15, -0.1) is 19.0 Å². The van der Waals surface area contributed by atoms with Crippen LogP contribution in [0.1, 0.15) is 11.6 Å². The molecule has 1 fully saturated rings. The topological polar surface area (TPSA) is 15.3 Å². The minimum Gasteiger partial charge on any atom is -0.314 e. The summed E-state index contributed by atoms with van der Waals surface area (Å²) in [6.45, 7) is 6.67. The minimum absolute atomic E-state index is 0. The Morgan fingerprint density at radius 1 is 1.16 bits per heavy atom. The molecule has 1 aromatic carbocycles. The van der Waals surface area contributed by atoms with Gasteiger partial charge in [0.05, 0.1) is 6.04 Å². The first-order valence-corrected chi connectivity index (χ1v) is 5.86. The summed E-state index contributed by atoms with van der Waals surface area (Å²) in [6.07, 6.45) is 1.56. The molecule has 0 spiro atoms. The van der Waals surface area contributed by atoms with Gasteiger partial charge in [0.25, 0.3) is 0 Å². The second-order valence-electron chi connectivity index (χ2n) is 4.23. The SMILES string of the molecule is C=C[C@@H](c1ccc(F)c(F)c1F)N1CCNCC1.Cl. The highest BCUT2D eigenvalue weighted by molar-refractivity contribution is 5.85. The van der Waals surface area contributed by atoms with Crippen molar-refractivity contribution in [3.63, 3.8) is 0 Å². The second-order valence-corrected chi connectivity index (χ2v) is 4.23. The van der Waals surface area contributed by atoms with Crippen molar-refractivity contribution in [2.24, 2.45) is 0 Å². The predicted octanol–water partition coefficient (Wildman–Crippen LogP) is 2.66. The molecule has 1 heterocycles. The zero-order valence-corrected chi connectivity index (χ0v) is 11.2. The molecule has 2 nitrogen and oxygen atoms in total. The lowest BCUT2D eigenvalue weighted by atomic mass is 10.0. The van der Waals surface area contributed by atoms with Gasteiger partial charge in [-0.25, -0.2) is 13.2 Å². The van der Waals surface area contributed by atoms with Crippen molar-refractivity contribution in [1.82, 2.24) is 10.2 Å². The molecule has 6 heteroatoms. The van der Waals surface area contributed by atoms with Crippen molar-refractivity contribution >= 4 is 12.4 Å². The Balaban J connectivity index is 0.00000180. The molecular weight excluding hydrogens is 277 g/mol. The number of nitrogens with one attached hydrogen (secondary N) is 1. The summed E-state index contributed by atoms with van der Waals surface area (Å²) in [5.41, 5.74) is 0.130. The average Bonchev–Trinajstić information content (AvgIpc) is 2.41. The fraction of sp³-hybridized carbons (Fsp3) is 0.385. The number of hydrogen-bond donors (Lipinski definition) is 1. The number of halogens is 4. The number of nitrogens with zero attached hydrogens (tertiary/aromatic N) is 1. The summed E-state index contributed by atoms with van der Waals surface area (Å²) in [6, 6.07) is 1.80. The van der Waals surface area contributed by atoms with E-state index < -0.39 is 23.5 Å². The van der Waals surface area contributed by atoms with Crippen LogP contribution in [0.25, 0.3) is 0 Å². The molecule has 1 atom stereocenters. The third-order valence-electron chi connectivity index (χ3n) is 3.15. The van der Waals surface area contributed by atoms with E-state index in [0.717, 1.165) is 32.2 Å². The summed E-state index contributed by atoms with van der Waals surface area (Å²) >= 11 is 0. The highest BCUT2D eigenvalue weighted by Gasteiger charge is 2.24. The van der Waals surface area contributed by atoms with Crippen LogP contribution in [-0.2, 0) is 0 Å². The Hall–Kier alpha value is -1.04. The zero-order valence-electron chi connectivity index (χ0n) is 10.3. The van der Waals surface area contributed by atoms with E-state index >= 15 is 0 Å². The zero-order chi connectivity index (χ0) is 13.1. The van der Waals surface area contributed by atoms with Crippen molar-refractivity contribution in [2.75, 3.05) is 26.2 Å². The quantitative estimate of drug-likeness (QED) is 0.681. The maximum absolute atomic E-state index is 13.7. The molecule has 1 N–H and O–H groups in total. The highest BCUT2D eigenvalue weighted by Crippen LogP contribution is 2.27. The summed E-state index contributed by atoms with van der Waals surface area (Å²) in [7, 11) is 0. The molecule has 0 aromatic heterocycles. The van der Waals surface area contributed by atoms with Crippen LogP contribution in [0.15, 0.2) is 24.8 Å². The molecule has 1 saturated heterocycles. The molecule has 0 bridgehead atoms. The van der Waals surface area contributed by atoms with Crippen LogP contribution in [0.3, 0.4) is 0 Å². The maximum atomic E-state index is 13.7. The van der Waals surface area contributed by atoms with Gasteiger partial charge in [0.1, 0.15) is 0 Å². The van der Waals surface area contributed by atoms with Gasteiger partial charge in [-0.3, -0.25) is 4.90 Å². The van der Waals surface area contributed by atoms with Gasteiger partial charge >= 0.3 is 0 Å². The normalized spacial score (nSPS) is 17.6. The van der Waals surface area contributed by atoms with Gasteiger partial charge in [-0.1, -0.05) is 12.1 Å².